The fourth-order valence-corrected chi connectivity index (χ4v) is 2.45. The molecule has 3 nitrogen and oxygen atoms in total. The average Bonchev–Trinajstić information content (AvgIpc) is 2.84. The molecule has 0 saturated heterocycles. The third-order valence-electron chi connectivity index (χ3n) is 2.84. The molecule has 0 atom stereocenters. The topological polar surface area (TPSA) is 38.9 Å². The first-order valence-corrected chi connectivity index (χ1v) is 6.56. The van der Waals surface area contributed by atoms with Gasteiger partial charge >= 0.3 is 0 Å². The molecule has 2 aromatic heterocycles. The molecule has 3 rings (SSSR count). The van der Waals surface area contributed by atoms with Gasteiger partial charge in [-0.2, -0.15) is 0 Å². The molecule has 0 bridgehead atoms. The fourth-order valence-electron chi connectivity index (χ4n) is 1.87. The lowest BCUT2D eigenvalue weighted by Gasteiger charge is -1.96. The second-order valence-corrected chi connectivity index (χ2v) is 4.89. The summed E-state index contributed by atoms with van der Waals surface area (Å²) in [7, 11) is 0. The summed E-state index contributed by atoms with van der Waals surface area (Å²) in [5.74, 6) is 0.626. The Hall–Kier alpha value is -1.68. The van der Waals surface area contributed by atoms with Gasteiger partial charge in [0.05, 0.1) is 4.47 Å². The van der Waals surface area contributed by atoms with Crippen molar-refractivity contribution in [2.24, 2.45) is 0 Å². The molecule has 0 fully saturated rings. The molecule has 0 aliphatic rings. The normalized spacial score (nSPS) is 11.0. The Kier molecular flexibility index (Phi) is 2.88. The van der Waals surface area contributed by atoms with E-state index in [9.17, 15) is 0 Å². The first kappa shape index (κ1) is 11.4. The van der Waals surface area contributed by atoms with E-state index in [1.54, 1.807) is 12.4 Å². The summed E-state index contributed by atoms with van der Waals surface area (Å²) >= 11 is 3.53. The Bertz CT molecular complexity index is 692. The van der Waals surface area contributed by atoms with Crippen LogP contribution in [0.3, 0.4) is 0 Å². The van der Waals surface area contributed by atoms with Gasteiger partial charge in [-0.15, -0.1) is 0 Å². The number of pyridine rings is 1. The van der Waals surface area contributed by atoms with Gasteiger partial charge in [-0.1, -0.05) is 6.92 Å². The lowest BCUT2D eigenvalue weighted by atomic mass is 10.1. The van der Waals surface area contributed by atoms with Gasteiger partial charge in [0.25, 0.3) is 0 Å². The van der Waals surface area contributed by atoms with Crippen LogP contribution in [0.4, 0.5) is 0 Å². The summed E-state index contributed by atoms with van der Waals surface area (Å²) in [5.41, 5.74) is 3.85. The van der Waals surface area contributed by atoms with Crippen molar-refractivity contribution < 1.29 is 4.42 Å². The van der Waals surface area contributed by atoms with Gasteiger partial charge in [0, 0.05) is 18.0 Å². The van der Waals surface area contributed by atoms with Gasteiger partial charge in [0.2, 0.25) is 5.89 Å². The average molecular weight is 303 g/mol. The van der Waals surface area contributed by atoms with Crippen LogP contribution in [0.25, 0.3) is 22.6 Å². The van der Waals surface area contributed by atoms with Crippen molar-refractivity contribution in [3.05, 3.63) is 46.7 Å². The van der Waals surface area contributed by atoms with E-state index in [-0.39, 0.29) is 0 Å². The number of oxazole rings is 1. The van der Waals surface area contributed by atoms with Crippen LogP contribution in [-0.4, -0.2) is 9.97 Å². The van der Waals surface area contributed by atoms with Gasteiger partial charge < -0.3 is 4.42 Å². The first-order valence-electron chi connectivity index (χ1n) is 5.77. The number of hydrogen-bond donors (Lipinski definition) is 0. The molecule has 0 N–H and O–H groups in total. The van der Waals surface area contributed by atoms with Crippen LogP contribution in [0, 0.1) is 0 Å². The van der Waals surface area contributed by atoms with Crippen LogP contribution in [-0.2, 0) is 6.42 Å². The molecule has 1 aromatic carbocycles. The van der Waals surface area contributed by atoms with Gasteiger partial charge in [-0.25, -0.2) is 4.98 Å². The van der Waals surface area contributed by atoms with Crippen LogP contribution < -0.4 is 0 Å². The van der Waals surface area contributed by atoms with E-state index >= 15 is 0 Å². The molecule has 3 aromatic rings. The number of benzene rings is 1. The highest BCUT2D eigenvalue weighted by atomic mass is 79.9. The molecule has 0 unspecified atom stereocenters. The molecule has 0 radical (unpaired) electrons. The van der Waals surface area contributed by atoms with Crippen molar-refractivity contribution in [2.45, 2.75) is 13.3 Å². The minimum Gasteiger partial charge on any atom is -0.435 e. The van der Waals surface area contributed by atoms with E-state index in [4.69, 9.17) is 4.42 Å². The molecule has 4 heteroatoms. The summed E-state index contributed by atoms with van der Waals surface area (Å²) in [5, 5.41) is 0. The van der Waals surface area contributed by atoms with Crippen LogP contribution in [0.15, 0.2) is 45.5 Å². The molecule has 0 aliphatic heterocycles. The Morgan fingerprint density at radius 3 is 2.72 bits per heavy atom. The van der Waals surface area contributed by atoms with Crippen LogP contribution in [0.5, 0.6) is 0 Å². The number of aromatic nitrogens is 2. The van der Waals surface area contributed by atoms with Crippen LogP contribution in [0.2, 0.25) is 0 Å². The zero-order valence-electron chi connectivity index (χ0n) is 9.85. The largest absolute Gasteiger partial charge is 0.435 e. The summed E-state index contributed by atoms with van der Waals surface area (Å²) in [4.78, 5) is 8.52. The Labute approximate surface area is 113 Å². The summed E-state index contributed by atoms with van der Waals surface area (Å²) in [6.07, 6.45) is 4.44. The second-order valence-electron chi connectivity index (χ2n) is 4.03. The van der Waals surface area contributed by atoms with Gasteiger partial charge in [0.15, 0.2) is 5.58 Å². The third-order valence-corrected chi connectivity index (χ3v) is 3.43. The Morgan fingerprint density at radius 2 is 2.00 bits per heavy atom. The third kappa shape index (κ3) is 1.93. The minimum absolute atomic E-state index is 0.626. The number of rotatable bonds is 2. The quantitative estimate of drug-likeness (QED) is 0.711. The number of fused-ring (bicyclic) bond motifs is 1. The van der Waals surface area contributed by atoms with E-state index in [0.717, 1.165) is 27.6 Å². The fraction of sp³-hybridized carbons (Fsp3) is 0.143. The lowest BCUT2D eigenvalue weighted by Crippen LogP contribution is -1.80. The van der Waals surface area contributed by atoms with Crippen LogP contribution in [0.1, 0.15) is 12.5 Å². The summed E-state index contributed by atoms with van der Waals surface area (Å²) < 4.78 is 6.75. The molecule has 0 spiro atoms. The molecule has 0 aliphatic carbocycles. The maximum absolute atomic E-state index is 5.80. The summed E-state index contributed by atoms with van der Waals surface area (Å²) in [6, 6.07) is 7.91. The van der Waals surface area contributed by atoms with Crippen molar-refractivity contribution in [1.29, 1.82) is 0 Å². The minimum atomic E-state index is 0.626. The van der Waals surface area contributed by atoms with E-state index in [2.05, 4.69) is 45.0 Å². The Balaban J connectivity index is 2.20. The zero-order chi connectivity index (χ0) is 12.5. The second kappa shape index (κ2) is 4.53. The maximum atomic E-state index is 5.80. The SMILES string of the molecule is CCc1cc(Br)c2oc(-c3ccncc3)nc2c1. The van der Waals surface area contributed by atoms with E-state index < -0.39 is 0 Å². The summed E-state index contributed by atoms with van der Waals surface area (Å²) in [6.45, 7) is 2.12. The smallest absolute Gasteiger partial charge is 0.227 e. The predicted molar refractivity (Wildman–Crippen MR) is 74.3 cm³/mol. The Morgan fingerprint density at radius 1 is 1.22 bits per heavy atom. The lowest BCUT2D eigenvalue weighted by molar-refractivity contribution is 0.618. The highest BCUT2D eigenvalue weighted by molar-refractivity contribution is 9.10. The highest BCUT2D eigenvalue weighted by Gasteiger charge is 2.11. The highest BCUT2D eigenvalue weighted by Crippen LogP contribution is 2.30. The van der Waals surface area contributed by atoms with Gasteiger partial charge in [0.1, 0.15) is 5.52 Å². The van der Waals surface area contributed by atoms with E-state index in [0.29, 0.717) is 5.89 Å². The first-order chi connectivity index (χ1) is 8.78. The zero-order valence-corrected chi connectivity index (χ0v) is 11.4. The standard InChI is InChI=1S/C14H11BrN2O/c1-2-9-7-11(15)13-12(8-9)17-14(18-13)10-3-5-16-6-4-10/h3-8H,2H2,1H3. The number of aryl methyl sites for hydroxylation is 1. The molecular formula is C14H11BrN2O. The molecule has 18 heavy (non-hydrogen) atoms. The van der Waals surface area contributed by atoms with Crippen molar-refractivity contribution in [3.63, 3.8) is 0 Å². The monoisotopic (exact) mass is 302 g/mol. The van der Waals surface area contributed by atoms with Gasteiger partial charge in [-0.05, 0) is 52.2 Å². The van der Waals surface area contributed by atoms with E-state index in [1.165, 1.54) is 5.56 Å². The van der Waals surface area contributed by atoms with Crippen molar-refractivity contribution in [1.82, 2.24) is 9.97 Å². The number of nitrogens with zero attached hydrogens (tertiary/aromatic N) is 2. The van der Waals surface area contributed by atoms with E-state index in [1.807, 2.05) is 12.1 Å². The molecule has 2 heterocycles. The number of hydrogen-bond acceptors (Lipinski definition) is 3. The predicted octanol–water partition coefficient (Wildman–Crippen LogP) is 4.21. The molecule has 0 amide bonds. The van der Waals surface area contributed by atoms with Crippen molar-refractivity contribution >= 4 is 27.0 Å². The maximum Gasteiger partial charge on any atom is 0.227 e. The molecular weight excluding hydrogens is 292 g/mol. The van der Waals surface area contributed by atoms with Crippen molar-refractivity contribution in [2.75, 3.05) is 0 Å². The number of halogens is 1. The van der Waals surface area contributed by atoms with Gasteiger partial charge in [-0.3, -0.25) is 4.98 Å². The molecule has 90 valence electrons. The van der Waals surface area contributed by atoms with Crippen molar-refractivity contribution in [3.8, 4) is 11.5 Å². The molecule has 0 saturated carbocycles. The van der Waals surface area contributed by atoms with Crippen LogP contribution >= 0.6 is 15.9 Å².